The first-order chi connectivity index (χ1) is 13.0. The molecule has 5 heteroatoms. The van der Waals surface area contributed by atoms with Crippen LogP contribution >= 0.6 is 0 Å². The predicted molar refractivity (Wildman–Crippen MR) is 105 cm³/mol. The van der Waals surface area contributed by atoms with Crippen molar-refractivity contribution >= 4 is 11.8 Å². The third-order valence-corrected chi connectivity index (χ3v) is 5.42. The first kappa shape index (κ1) is 19.1. The van der Waals surface area contributed by atoms with Crippen LogP contribution < -0.4 is 5.32 Å². The van der Waals surface area contributed by atoms with Crippen LogP contribution in [0.4, 0.5) is 0 Å². The zero-order chi connectivity index (χ0) is 19.4. The Morgan fingerprint density at radius 2 is 1.74 bits per heavy atom. The van der Waals surface area contributed by atoms with E-state index in [2.05, 4.69) is 23.3 Å². The Morgan fingerprint density at radius 3 is 2.37 bits per heavy atom. The van der Waals surface area contributed by atoms with Crippen molar-refractivity contribution in [1.29, 1.82) is 0 Å². The number of carbonyl (C=O) groups excluding carboxylic acids is 2. The minimum Gasteiger partial charge on any atom is -0.343 e. The fourth-order valence-corrected chi connectivity index (χ4v) is 3.72. The molecule has 5 nitrogen and oxygen atoms in total. The molecular formula is C22H27N3O2. The van der Waals surface area contributed by atoms with Crippen LogP contribution in [0.25, 0.3) is 0 Å². The number of likely N-dealkylation sites (tertiary alicyclic amines) is 1. The van der Waals surface area contributed by atoms with Crippen molar-refractivity contribution in [2.45, 2.75) is 39.7 Å². The van der Waals surface area contributed by atoms with Crippen LogP contribution in [0.1, 0.15) is 48.2 Å². The van der Waals surface area contributed by atoms with Crippen LogP contribution in [0.15, 0.2) is 42.6 Å². The number of benzene rings is 1. The van der Waals surface area contributed by atoms with Gasteiger partial charge in [-0.1, -0.05) is 30.3 Å². The number of rotatable bonds is 4. The van der Waals surface area contributed by atoms with Gasteiger partial charge in [0.2, 0.25) is 11.8 Å². The fraction of sp³-hybridized carbons (Fsp3) is 0.409. The second-order valence-corrected chi connectivity index (χ2v) is 7.28. The summed E-state index contributed by atoms with van der Waals surface area (Å²) in [5.74, 6) is 0.0448. The van der Waals surface area contributed by atoms with Gasteiger partial charge in [-0.2, -0.15) is 0 Å². The third-order valence-electron chi connectivity index (χ3n) is 5.42. The number of hydrogen-bond acceptors (Lipinski definition) is 3. The fourth-order valence-electron chi connectivity index (χ4n) is 3.72. The van der Waals surface area contributed by atoms with Crippen molar-refractivity contribution in [3.05, 3.63) is 65.0 Å². The molecule has 2 aromatic rings. The number of pyridine rings is 1. The molecule has 3 rings (SSSR count). The van der Waals surface area contributed by atoms with Crippen LogP contribution in [0, 0.1) is 19.8 Å². The molecule has 0 bridgehead atoms. The topological polar surface area (TPSA) is 62.3 Å². The van der Waals surface area contributed by atoms with Crippen molar-refractivity contribution in [3.63, 3.8) is 0 Å². The molecule has 1 aromatic carbocycles. The van der Waals surface area contributed by atoms with Gasteiger partial charge in [-0.05, 0) is 49.4 Å². The van der Waals surface area contributed by atoms with Crippen LogP contribution in [0.5, 0.6) is 0 Å². The molecule has 1 aliphatic rings. The second-order valence-electron chi connectivity index (χ2n) is 7.28. The van der Waals surface area contributed by atoms with Crippen molar-refractivity contribution in [1.82, 2.24) is 15.2 Å². The molecule has 2 heterocycles. The summed E-state index contributed by atoms with van der Waals surface area (Å²) in [6, 6.07) is 11.7. The van der Waals surface area contributed by atoms with Gasteiger partial charge < -0.3 is 10.2 Å². The monoisotopic (exact) mass is 365 g/mol. The maximum Gasteiger partial charge on any atom is 0.224 e. The summed E-state index contributed by atoms with van der Waals surface area (Å²) >= 11 is 0. The highest BCUT2D eigenvalue weighted by molar-refractivity contribution is 5.80. The van der Waals surface area contributed by atoms with E-state index in [4.69, 9.17) is 0 Å². The van der Waals surface area contributed by atoms with Gasteiger partial charge in [0.1, 0.15) is 0 Å². The molecule has 1 saturated heterocycles. The van der Waals surface area contributed by atoms with E-state index in [1.165, 1.54) is 0 Å². The van der Waals surface area contributed by atoms with Gasteiger partial charge in [-0.25, -0.2) is 0 Å². The number of carbonyl (C=O) groups is 2. The minimum atomic E-state index is -0.272. The van der Waals surface area contributed by atoms with E-state index in [1.807, 2.05) is 42.2 Å². The molecule has 142 valence electrons. The minimum absolute atomic E-state index is 0.0384. The Kier molecular flexibility index (Phi) is 5.89. The summed E-state index contributed by atoms with van der Waals surface area (Å²) in [6.07, 6.45) is 3.17. The van der Waals surface area contributed by atoms with Gasteiger partial charge in [0, 0.05) is 32.1 Å². The normalized spacial score (nSPS) is 16.0. The van der Waals surface area contributed by atoms with Gasteiger partial charge >= 0.3 is 0 Å². The lowest BCUT2D eigenvalue weighted by molar-refractivity contribution is -0.134. The maximum atomic E-state index is 13.0. The number of hydrogen-bond donors (Lipinski definition) is 1. The van der Waals surface area contributed by atoms with Crippen molar-refractivity contribution in [2.24, 2.45) is 5.92 Å². The highest BCUT2D eigenvalue weighted by Crippen LogP contribution is 2.27. The number of piperidine rings is 1. The molecule has 27 heavy (non-hydrogen) atoms. The van der Waals surface area contributed by atoms with Gasteiger partial charge in [0.15, 0.2) is 0 Å². The SMILES string of the molecule is CC(=O)N1CCC(C(=O)NC(c2ccccc2C)c2ncccc2C)CC1. The molecule has 1 unspecified atom stereocenters. The predicted octanol–water partition coefficient (Wildman–Crippen LogP) is 3.16. The zero-order valence-electron chi connectivity index (χ0n) is 16.2. The average Bonchev–Trinajstić information content (AvgIpc) is 2.67. The Morgan fingerprint density at radius 1 is 1.07 bits per heavy atom. The smallest absolute Gasteiger partial charge is 0.224 e. The lowest BCUT2D eigenvalue weighted by atomic mass is 9.92. The van der Waals surface area contributed by atoms with E-state index < -0.39 is 0 Å². The molecule has 0 spiro atoms. The Balaban J connectivity index is 1.82. The number of nitrogens with zero attached hydrogens (tertiary/aromatic N) is 2. The first-order valence-corrected chi connectivity index (χ1v) is 9.50. The molecule has 0 aliphatic carbocycles. The molecule has 1 fully saturated rings. The van der Waals surface area contributed by atoms with Gasteiger partial charge in [0.25, 0.3) is 0 Å². The second kappa shape index (κ2) is 8.33. The Hall–Kier alpha value is -2.69. The number of aromatic nitrogens is 1. The summed E-state index contributed by atoms with van der Waals surface area (Å²) < 4.78 is 0. The van der Waals surface area contributed by atoms with Crippen molar-refractivity contribution < 1.29 is 9.59 Å². The van der Waals surface area contributed by atoms with Gasteiger partial charge in [0.05, 0.1) is 11.7 Å². The van der Waals surface area contributed by atoms with E-state index in [0.717, 1.165) is 22.4 Å². The van der Waals surface area contributed by atoms with Crippen LogP contribution in [0.2, 0.25) is 0 Å². The highest BCUT2D eigenvalue weighted by Gasteiger charge is 2.29. The molecule has 1 aromatic heterocycles. The average molecular weight is 365 g/mol. The van der Waals surface area contributed by atoms with Crippen LogP contribution in [-0.2, 0) is 9.59 Å². The highest BCUT2D eigenvalue weighted by atomic mass is 16.2. The largest absolute Gasteiger partial charge is 0.343 e. The van der Waals surface area contributed by atoms with Crippen LogP contribution in [0.3, 0.4) is 0 Å². The number of nitrogens with one attached hydrogen (secondary N) is 1. The van der Waals surface area contributed by atoms with Crippen LogP contribution in [-0.4, -0.2) is 34.8 Å². The molecule has 0 radical (unpaired) electrons. The lowest BCUT2D eigenvalue weighted by Crippen LogP contribution is -2.43. The van der Waals surface area contributed by atoms with Gasteiger partial charge in [-0.3, -0.25) is 14.6 Å². The Bertz CT molecular complexity index is 780. The summed E-state index contributed by atoms with van der Waals surface area (Å²) in [5.41, 5.74) is 4.12. The zero-order valence-corrected chi connectivity index (χ0v) is 16.2. The molecule has 1 atom stereocenters. The van der Waals surface area contributed by atoms with E-state index in [1.54, 1.807) is 13.1 Å². The molecule has 1 N–H and O–H groups in total. The van der Waals surface area contributed by atoms with Crippen molar-refractivity contribution in [2.75, 3.05) is 13.1 Å². The first-order valence-electron chi connectivity index (χ1n) is 9.50. The maximum absolute atomic E-state index is 13.0. The molecule has 0 saturated carbocycles. The van der Waals surface area contributed by atoms with E-state index in [-0.39, 0.29) is 23.8 Å². The molecular weight excluding hydrogens is 338 g/mol. The van der Waals surface area contributed by atoms with E-state index in [9.17, 15) is 9.59 Å². The van der Waals surface area contributed by atoms with E-state index in [0.29, 0.717) is 25.9 Å². The lowest BCUT2D eigenvalue weighted by Gasteiger charge is -2.32. The summed E-state index contributed by atoms with van der Waals surface area (Å²) in [7, 11) is 0. The quantitative estimate of drug-likeness (QED) is 0.905. The van der Waals surface area contributed by atoms with Gasteiger partial charge in [-0.15, -0.1) is 0 Å². The number of amides is 2. The molecule has 2 amide bonds. The Labute approximate surface area is 160 Å². The summed E-state index contributed by atoms with van der Waals surface area (Å²) in [5, 5.41) is 3.24. The molecule has 1 aliphatic heterocycles. The number of aryl methyl sites for hydroxylation is 2. The van der Waals surface area contributed by atoms with Crippen molar-refractivity contribution in [3.8, 4) is 0 Å². The van der Waals surface area contributed by atoms with E-state index >= 15 is 0 Å². The summed E-state index contributed by atoms with van der Waals surface area (Å²) in [6.45, 7) is 6.94. The summed E-state index contributed by atoms with van der Waals surface area (Å²) in [4.78, 5) is 30.9. The third kappa shape index (κ3) is 4.35. The standard InChI is InChI=1S/C22H27N3O2/c1-15-7-4-5-9-19(15)21(20-16(2)8-6-12-23-20)24-22(27)18-10-13-25(14-11-18)17(3)26/h4-9,12,18,21H,10-11,13-14H2,1-3H3,(H,24,27).